The largest absolute Gasteiger partial charge is 0.496 e. The summed E-state index contributed by atoms with van der Waals surface area (Å²) in [4.78, 5) is 0. The molecule has 194 valence electrons. The van der Waals surface area contributed by atoms with Gasteiger partial charge in [0.25, 0.3) is 0 Å². The van der Waals surface area contributed by atoms with Crippen molar-refractivity contribution in [2.24, 2.45) is 5.92 Å². The molecule has 37 heavy (non-hydrogen) atoms. The Morgan fingerprint density at radius 3 is 2.27 bits per heavy atom. The van der Waals surface area contributed by atoms with Crippen LogP contribution >= 0.6 is 0 Å². The maximum Gasteiger partial charge on any atom is 0.123 e. The summed E-state index contributed by atoms with van der Waals surface area (Å²) in [6.07, 6.45) is 25.3. The van der Waals surface area contributed by atoms with Gasteiger partial charge >= 0.3 is 0 Å². The van der Waals surface area contributed by atoms with Crippen LogP contribution in [-0.2, 0) is 10.2 Å². The van der Waals surface area contributed by atoms with Gasteiger partial charge in [0.15, 0.2) is 0 Å². The number of ether oxygens (including phenoxy) is 1. The average molecular weight is 493 g/mol. The lowest BCUT2D eigenvalue weighted by atomic mass is 9.70. The van der Waals surface area contributed by atoms with Crippen molar-refractivity contribution in [3.63, 3.8) is 0 Å². The molecule has 5 rings (SSSR count). The van der Waals surface area contributed by atoms with Crippen LogP contribution in [0.4, 0.5) is 0 Å². The van der Waals surface area contributed by atoms with Crippen LogP contribution < -0.4 is 0 Å². The third-order valence-corrected chi connectivity index (χ3v) is 8.91. The fourth-order valence-electron chi connectivity index (χ4n) is 7.01. The molecule has 0 aliphatic heterocycles. The first-order valence-corrected chi connectivity index (χ1v) is 14.8. The van der Waals surface area contributed by atoms with Crippen LogP contribution in [0, 0.1) is 5.92 Å². The highest BCUT2D eigenvalue weighted by Crippen LogP contribution is 2.55. The summed E-state index contributed by atoms with van der Waals surface area (Å²) in [5.74, 6) is 1.47. The topological polar surface area (TPSA) is 9.23 Å². The van der Waals surface area contributed by atoms with Gasteiger partial charge < -0.3 is 4.74 Å². The summed E-state index contributed by atoms with van der Waals surface area (Å²) in [6, 6.07) is 16.6. The first-order valence-electron chi connectivity index (χ1n) is 14.8. The van der Waals surface area contributed by atoms with Crippen LogP contribution in [0.25, 0.3) is 16.7 Å². The highest BCUT2D eigenvalue weighted by Gasteiger charge is 2.42. The Morgan fingerprint density at radius 2 is 1.54 bits per heavy atom. The Balaban J connectivity index is 1.63. The molecule has 1 heteroatoms. The normalized spacial score (nSPS) is 18.9. The second-order valence-electron chi connectivity index (χ2n) is 11.2. The van der Waals surface area contributed by atoms with Gasteiger partial charge in [-0.05, 0) is 64.8 Å². The number of hydrogen-bond donors (Lipinski definition) is 0. The Morgan fingerprint density at radius 1 is 0.811 bits per heavy atom. The molecule has 0 heterocycles. The minimum absolute atomic E-state index is 0.113. The van der Waals surface area contributed by atoms with Crippen LogP contribution in [-0.4, -0.2) is 7.11 Å². The number of hydrogen-bond acceptors (Lipinski definition) is 1. The van der Waals surface area contributed by atoms with E-state index in [0.717, 1.165) is 12.2 Å². The Labute approximate surface area is 225 Å². The van der Waals surface area contributed by atoms with Crippen molar-refractivity contribution in [3.05, 3.63) is 101 Å². The molecule has 0 amide bonds. The molecule has 0 fully saturated rings. The number of benzene rings is 2. The van der Waals surface area contributed by atoms with Gasteiger partial charge in [-0.25, -0.2) is 0 Å². The quantitative estimate of drug-likeness (QED) is 0.268. The van der Waals surface area contributed by atoms with Gasteiger partial charge in [-0.15, -0.1) is 0 Å². The van der Waals surface area contributed by atoms with Gasteiger partial charge in [0, 0.05) is 16.9 Å². The van der Waals surface area contributed by atoms with Crippen molar-refractivity contribution in [2.75, 3.05) is 7.11 Å². The summed E-state index contributed by atoms with van der Waals surface area (Å²) in [7, 11) is 1.82. The highest BCUT2D eigenvalue weighted by molar-refractivity contribution is 5.88. The molecule has 3 aliphatic rings. The molecule has 0 spiro atoms. The molecule has 2 aromatic rings. The maximum absolute atomic E-state index is 5.97. The molecule has 3 aliphatic carbocycles. The van der Waals surface area contributed by atoms with Crippen LogP contribution in [0.1, 0.15) is 101 Å². The minimum atomic E-state index is 0.113. The Hall–Kier alpha value is -2.80. The zero-order valence-electron chi connectivity index (χ0n) is 23.2. The van der Waals surface area contributed by atoms with Crippen molar-refractivity contribution < 1.29 is 4.74 Å². The zero-order chi connectivity index (χ0) is 25.7. The summed E-state index contributed by atoms with van der Waals surface area (Å²) in [6.45, 7) is 4.63. The smallest absolute Gasteiger partial charge is 0.123 e. The van der Waals surface area contributed by atoms with Gasteiger partial charge in [0.2, 0.25) is 0 Å². The van der Waals surface area contributed by atoms with Gasteiger partial charge in [-0.2, -0.15) is 0 Å². The van der Waals surface area contributed by atoms with Crippen molar-refractivity contribution >= 4 is 5.57 Å². The number of fused-ring (bicyclic) bond motifs is 4. The molecule has 1 unspecified atom stereocenters. The van der Waals surface area contributed by atoms with Crippen molar-refractivity contribution in [1.29, 1.82) is 0 Å². The van der Waals surface area contributed by atoms with Crippen LogP contribution in [0.3, 0.4) is 0 Å². The predicted octanol–water partition coefficient (Wildman–Crippen LogP) is 10.3. The summed E-state index contributed by atoms with van der Waals surface area (Å²) < 4.78 is 5.97. The third-order valence-electron chi connectivity index (χ3n) is 8.91. The lowest BCUT2D eigenvalue weighted by molar-refractivity contribution is 0.306. The summed E-state index contributed by atoms with van der Waals surface area (Å²) in [5.41, 5.74) is 10.1. The third kappa shape index (κ3) is 4.90. The van der Waals surface area contributed by atoms with Crippen molar-refractivity contribution in [2.45, 2.75) is 89.9 Å². The van der Waals surface area contributed by atoms with E-state index >= 15 is 0 Å². The van der Waals surface area contributed by atoms with E-state index in [0.29, 0.717) is 5.92 Å². The van der Waals surface area contributed by atoms with Crippen molar-refractivity contribution in [3.8, 4) is 11.1 Å². The zero-order valence-corrected chi connectivity index (χ0v) is 23.2. The molecule has 0 N–H and O–H groups in total. The standard InChI is InChI=1S/C36H44O/c1-4-6-8-14-24-36(25-15-9-7-5-2)32-19-13-12-18-30(32)31-22-20-28(26-33(31)36)35-29-17-11-10-16-27(29)21-23-34(35)37-3/h10-13,16-20,22-23,26-27H,4-9,14-15,21,24-25H2,1-3H3. The number of methoxy groups -OCH3 is 1. The summed E-state index contributed by atoms with van der Waals surface area (Å²) in [5, 5.41) is 0. The number of allylic oxidation sites excluding steroid dienone is 7. The van der Waals surface area contributed by atoms with E-state index in [1.54, 1.807) is 11.1 Å². The first kappa shape index (κ1) is 25.8. The monoisotopic (exact) mass is 492 g/mol. The fraction of sp³-hybridized carbons (Fsp3) is 0.444. The molecule has 0 aromatic heterocycles. The highest BCUT2D eigenvalue weighted by atomic mass is 16.5. The lowest BCUT2D eigenvalue weighted by Crippen LogP contribution is -2.25. The first-order chi connectivity index (χ1) is 18.2. The van der Waals surface area contributed by atoms with E-state index in [1.165, 1.54) is 92.0 Å². The summed E-state index contributed by atoms with van der Waals surface area (Å²) >= 11 is 0. The van der Waals surface area contributed by atoms with Crippen LogP contribution in [0.15, 0.2) is 84.2 Å². The number of unbranched alkanes of at least 4 members (excludes halogenated alkanes) is 6. The number of rotatable bonds is 12. The second kappa shape index (κ2) is 11.7. The fourth-order valence-corrected chi connectivity index (χ4v) is 7.01. The van der Waals surface area contributed by atoms with E-state index in [4.69, 9.17) is 4.74 Å². The molecule has 1 nitrogen and oxygen atoms in total. The molecule has 2 aromatic carbocycles. The molecule has 0 radical (unpaired) electrons. The molecule has 1 atom stereocenters. The van der Waals surface area contributed by atoms with E-state index in [1.807, 2.05) is 7.11 Å². The van der Waals surface area contributed by atoms with Crippen LogP contribution in [0.2, 0.25) is 0 Å². The molecule has 0 bridgehead atoms. The Bertz CT molecular complexity index is 1210. The predicted molar refractivity (Wildman–Crippen MR) is 159 cm³/mol. The van der Waals surface area contributed by atoms with E-state index < -0.39 is 0 Å². The second-order valence-corrected chi connectivity index (χ2v) is 11.2. The molecule has 0 saturated carbocycles. The SMILES string of the molecule is CCCCCCC1(CCCCCC)c2ccccc2-c2ccc(C3=C4C=CC=CC4CC=C3OC)cc21. The molecule has 0 saturated heterocycles. The lowest BCUT2D eigenvalue weighted by Gasteiger charge is -2.33. The molecular formula is C36H44O. The van der Waals surface area contributed by atoms with Gasteiger partial charge in [0.05, 0.1) is 7.11 Å². The van der Waals surface area contributed by atoms with E-state index in [2.05, 4.69) is 86.7 Å². The van der Waals surface area contributed by atoms with Crippen LogP contribution in [0.5, 0.6) is 0 Å². The molecular weight excluding hydrogens is 448 g/mol. The van der Waals surface area contributed by atoms with Crippen molar-refractivity contribution in [1.82, 2.24) is 0 Å². The average Bonchev–Trinajstić information content (AvgIpc) is 3.22. The van der Waals surface area contributed by atoms with Gasteiger partial charge in [-0.3, -0.25) is 0 Å². The van der Waals surface area contributed by atoms with E-state index in [-0.39, 0.29) is 5.41 Å². The maximum atomic E-state index is 5.97. The minimum Gasteiger partial charge on any atom is -0.496 e. The Kier molecular flexibility index (Phi) is 8.18. The van der Waals surface area contributed by atoms with Gasteiger partial charge in [-0.1, -0.05) is 126 Å². The van der Waals surface area contributed by atoms with Gasteiger partial charge in [0.1, 0.15) is 5.76 Å². The van der Waals surface area contributed by atoms with E-state index in [9.17, 15) is 0 Å².